The van der Waals surface area contributed by atoms with Gasteiger partial charge >= 0.3 is 0 Å². The Morgan fingerprint density at radius 3 is 2.67 bits per heavy atom. The van der Waals surface area contributed by atoms with Crippen molar-refractivity contribution in [3.8, 4) is 11.5 Å². The fraction of sp³-hybridized carbons (Fsp3) is 0.188. The molecule has 5 heteroatoms. The third-order valence-electron chi connectivity index (χ3n) is 3.00. The zero-order valence-electron chi connectivity index (χ0n) is 11.9. The van der Waals surface area contributed by atoms with Crippen LogP contribution in [-0.2, 0) is 0 Å². The van der Waals surface area contributed by atoms with E-state index in [1.807, 2.05) is 6.92 Å². The molecule has 0 saturated heterocycles. The van der Waals surface area contributed by atoms with Crippen LogP contribution in [0.25, 0.3) is 0 Å². The number of rotatable bonds is 5. The van der Waals surface area contributed by atoms with Crippen molar-refractivity contribution < 1.29 is 14.3 Å². The van der Waals surface area contributed by atoms with Crippen LogP contribution in [0.3, 0.4) is 0 Å². The van der Waals surface area contributed by atoms with E-state index >= 15 is 0 Å². The van der Waals surface area contributed by atoms with Gasteiger partial charge in [0.15, 0.2) is 5.78 Å². The molecule has 0 heterocycles. The number of benzene rings is 2. The van der Waals surface area contributed by atoms with Crippen LogP contribution >= 0.6 is 15.9 Å². The highest BCUT2D eigenvalue weighted by Gasteiger charge is 2.20. The lowest BCUT2D eigenvalue weighted by molar-refractivity contribution is 0.103. The second kappa shape index (κ2) is 6.63. The van der Waals surface area contributed by atoms with Gasteiger partial charge in [-0.05, 0) is 53.2 Å². The average molecular weight is 350 g/mol. The van der Waals surface area contributed by atoms with E-state index in [1.165, 1.54) is 7.11 Å². The average Bonchev–Trinajstić information content (AvgIpc) is 2.46. The Labute approximate surface area is 132 Å². The minimum absolute atomic E-state index is 0.195. The van der Waals surface area contributed by atoms with Crippen molar-refractivity contribution in [2.45, 2.75) is 6.92 Å². The van der Waals surface area contributed by atoms with Gasteiger partial charge in [-0.2, -0.15) is 0 Å². The van der Waals surface area contributed by atoms with Gasteiger partial charge in [-0.1, -0.05) is 6.07 Å². The van der Waals surface area contributed by atoms with E-state index in [0.29, 0.717) is 39.4 Å². The Hall–Kier alpha value is -2.01. The molecule has 0 aliphatic heterocycles. The van der Waals surface area contributed by atoms with Gasteiger partial charge in [0.25, 0.3) is 0 Å². The van der Waals surface area contributed by atoms with Crippen LogP contribution in [0.2, 0.25) is 0 Å². The summed E-state index contributed by atoms with van der Waals surface area (Å²) >= 11 is 3.40. The lowest BCUT2D eigenvalue weighted by atomic mass is 10.0. The number of ketones is 1. The third-order valence-corrected chi connectivity index (χ3v) is 3.66. The normalized spacial score (nSPS) is 10.2. The fourth-order valence-electron chi connectivity index (χ4n) is 2.03. The van der Waals surface area contributed by atoms with Crippen LogP contribution in [0.4, 0.5) is 5.69 Å². The highest BCUT2D eigenvalue weighted by molar-refractivity contribution is 9.10. The smallest absolute Gasteiger partial charge is 0.199 e. The fourth-order valence-corrected chi connectivity index (χ4v) is 2.57. The highest BCUT2D eigenvalue weighted by atomic mass is 79.9. The zero-order valence-corrected chi connectivity index (χ0v) is 13.4. The predicted molar refractivity (Wildman–Crippen MR) is 86.1 cm³/mol. The van der Waals surface area contributed by atoms with Crippen LogP contribution in [0.1, 0.15) is 22.8 Å². The van der Waals surface area contributed by atoms with Crippen molar-refractivity contribution in [1.29, 1.82) is 0 Å². The third kappa shape index (κ3) is 3.19. The Morgan fingerprint density at radius 1 is 1.29 bits per heavy atom. The summed E-state index contributed by atoms with van der Waals surface area (Å²) in [6.45, 7) is 2.47. The Kier molecular flexibility index (Phi) is 4.85. The molecular formula is C16H16BrNO3. The first-order valence-corrected chi connectivity index (χ1v) is 7.27. The summed E-state index contributed by atoms with van der Waals surface area (Å²) in [5.74, 6) is 0.967. The standard InChI is InChI=1S/C16H16BrNO3/c1-3-21-10-7-8-11(12(17)9-10)16(19)15-13(18)5-4-6-14(15)20-2/h4-9H,3,18H2,1-2H3. The van der Waals surface area contributed by atoms with E-state index < -0.39 is 0 Å². The molecule has 0 bridgehead atoms. The topological polar surface area (TPSA) is 61.5 Å². The lowest BCUT2D eigenvalue weighted by Crippen LogP contribution is -2.08. The monoisotopic (exact) mass is 349 g/mol. The lowest BCUT2D eigenvalue weighted by Gasteiger charge is -2.12. The first-order valence-electron chi connectivity index (χ1n) is 6.48. The van der Waals surface area contributed by atoms with Gasteiger partial charge in [-0.3, -0.25) is 4.79 Å². The van der Waals surface area contributed by atoms with E-state index in [0.717, 1.165) is 0 Å². The Balaban J connectivity index is 2.46. The van der Waals surface area contributed by atoms with Gasteiger partial charge in [0.2, 0.25) is 0 Å². The van der Waals surface area contributed by atoms with Crippen LogP contribution in [0.5, 0.6) is 11.5 Å². The van der Waals surface area contributed by atoms with Crippen molar-refractivity contribution in [2.75, 3.05) is 19.5 Å². The van der Waals surface area contributed by atoms with E-state index in [-0.39, 0.29) is 5.78 Å². The number of hydrogen-bond acceptors (Lipinski definition) is 4. The minimum atomic E-state index is -0.195. The van der Waals surface area contributed by atoms with E-state index in [4.69, 9.17) is 15.2 Å². The summed E-state index contributed by atoms with van der Waals surface area (Å²) in [6.07, 6.45) is 0. The Morgan fingerprint density at radius 2 is 2.05 bits per heavy atom. The van der Waals surface area contributed by atoms with Crippen LogP contribution in [0, 0.1) is 0 Å². The summed E-state index contributed by atoms with van der Waals surface area (Å²) < 4.78 is 11.3. The number of hydrogen-bond donors (Lipinski definition) is 1. The first-order chi connectivity index (χ1) is 10.1. The molecule has 110 valence electrons. The van der Waals surface area contributed by atoms with Gasteiger partial charge in [0, 0.05) is 15.7 Å². The van der Waals surface area contributed by atoms with Crippen LogP contribution < -0.4 is 15.2 Å². The minimum Gasteiger partial charge on any atom is -0.496 e. The molecule has 0 atom stereocenters. The molecule has 4 nitrogen and oxygen atoms in total. The van der Waals surface area contributed by atoms with Gasteiger partial charge in [-0.15, -0.1) is 0 Å². The summed E-state index contributed by atoms with van der Waals surface area (Å²) in [4.78, 5) is 12.7. The van der Waals surface area contributed by atoms with E-state index in [1.54, 1.807) is 36.4 Å². The zero-order chi connectivity index (χ0) is 15.4. The first kappa shape index (κ1) is 15.4. The highest BCUT2D eigenvalue weighted by Crippen LogP contribution is 2.31. The summed E-state index contributed by atoms with van der Waals surface area (Å²) in [6, 6.07) is 10.4. The molecular weight excluding hydrogens is 334 g/mol. The molecule has 0 radical (unpaired) electrons. The number of nitrogens with two attached hydrogens (primary N) is 1. The van der Waals surface area contributed by atoms with Crippen LogP contribution in [0.15, 0.2) is 40.9 Å². The van der Waals surface area contributed by atoms with Gasteiger partial charge < -0.3 is 15.2 Å². The van der Waals surface area contributed by atoms with E-state index in [9.17, 15) is 4.79 Å². The van der Waals surface area contributed by atoms with Crippen molar-refractivity contribution in [1.82, 2.24) is 0 Å². The Bertz CT molecular complexity index is 671. The molecule has 0 saturated carbocycles. The van der Waals surface area contributed by atoms with Crippen LogP contribution in [-0.4, -0.2) is 19.5 Å². The maximum absolute atomic E-state index is 12.7. The van der Waals surface area contributed by atoms with Crippen molar-refractivity contribution in [3.63, 3.8) is 0 Å². The summed E-state index contributed by atoms with van der Waals surface area (Å²) in [7, 11) is 1.51. The summed E-state index contributed by atoms with van der Waals surface area (Å²) in [5, 5.41) is 0. The largest absolute Gasteiger partial charge is 0.496 e. The maximum atomic E-state index is 12.7. The SMILES string of the molecule is CCOc1ccc(C(=O)c2c(N)cccc2OC)c(Br)c1. The van der Waals surface area contributed by atoms with Crippen molar-refractivity contribution >= 4 is 27.4 Å². The number of anilines is 1. The number of ether oxygens (including phenoxy) is 2. The van der Waals surface area contributed by atoms with Crippen molar-refractivity contribution in [3.05, 3.63) is 52.0 Å². The molecule has 2 aromatic carbocycles. The van der Waals surface area contributed by atoms with Gasteiger partial charge in [0.05, 0.1) is 19.3 Å². The number of methoxy groups -OCH3 is 1. The molecule has 0 unspecified atom stereocenters. The second-order valence-electron chi connectivity index (χ2n) is 4.33. The molecule has 0 aliphatic rings. The molecule has 21 heavy (non-hydrogen) atoms. The second-order valence-corrected chi connectivity index (χ2v) is 5.18. The molecule has 0 aliphatic carbocycles. The number of halogens is 1. The van der Waals surface area contributed by atoms with E-state index in [2.05, 4.69) is 15.9 Å². The summed E-state index contributed by atoms with van der Waals surface area (Å²) in [5.41, 5.74) is 7.19. The molecule has 0 fully saturated rings. The van der Waals surface area contributed by atoms with Gasteiger partial charge in [0.1, 0.15) is 11.5 Å². The van der Waals surface area contributed by atoms with Gasteiger partial charge in [-0.25, -0.2) is 0 Å². The molecule has 2 rings (SSSR count). The maximum Gasteiger partial charge on any atom is 0.199 e. The molecule has 0 aromatic heterocycles. The molecule has 0 amide bonds. The number of carbonyl (C=O) groups excluding carboxylic acids is 1. The predicted octanol–water partition coefficient (Wildman–Crippen LogP) is 3.67. The molecule has 2 N–H and O–H groups in total. The number of carbonyl (C=O) groups is 1. The van der Waals surface area contributed by atoms with Crippen molar-refractivity contribution in [2.24, 2.45) is 0 Å². The quantitative estimate of drug-likeness (QED) is 0.660. The molecule has 2 aromatic rings. The molecule has 0 spiro atoms. The number of nitrogen functional groups attached to an aromatic ring is 1.